The molecule has 2 unspecified atom stereocenters. The molecule has 1 aromatic heterocycles. The number of esters is 1. The predicted octanol–water partition coefficient (Wildman–Crippen LogP) is 2.93. The van der Waals surface area contributed by atoms with Gasteiger partial charge in [0.15, 0.2) is 11.2 Å². The molecule has 26 heavy (non-hydrogen) atoms. The Labute approximate surface area is 152 Å². The molecule has 0 aliphatic heterocycles. The van der Waals surface area contributed by atoms with Crippen LogP contribution in [0.4, 0.5) is 5.69 Å². The topological polar surface area (TPSA) is 109 Å². The summed E-state index contributed by atoms with van der Waals surface area (Å²) in [5, 5.41) is 11.5. The fourth-order valence-corrected chi connectivity index (χ4v) is 3.31. The lowest BCUT2D eigenvalue weighted by atomic mass is 9.68. The second-order valence-corrected chi connectivity index (χ2v) is 7.52. The van der Waals surface area contributed by atoms with Crippen molar-refractivity contribution in [3.8, 4) is 0 Å². The summed E-state index contributed by atoms with van der Waals surface area (Å²) in [6.45, 7) is 5.50. The number of carbonyl (C=O) groups excluding carboxylic acids is 2. The van der Waals surface area contributed by atoms with Gasteiger partial charge in [0.2, 0.25) is 6.29 Å². The molecule has 8 heteroatoms. The number of aromatic nitrogens is 1. The molecule has 1 aromatic rings. The highest BCUT2D eigenvalue weighted by Gasteiger charge is 2.53. The zero-order valence-electron chi connectivity index (χ0n) is 15.5. The third-order valence-electron chi connectivity index (χ3n) is 4.62. The van der Waals surface area contributed by atoms with Gasteiger partial charge in [-0.05, 0) is 18.9 Å². The van der Waals surface area contributed by atoms with Gasteiger partial charge in [0, 0.05) is 25.1 Å². The summed E-state index contributed by atoms with van der Waals surface area (Å²) in [5.41, 5.74) is -2.54. The largest absolute Gasteiger partial charge is 0.434 e. The van der Waals surface area contributed by atoms with E-state index in [0.29, 0.717) is 12.8 Å². The predicted molar refractivity (Wildman–Crippen MR) is 92.4 cm³/mol. The lowest BCUT2D eigenvalue weighted by Gasteiger charge is -2.36. The van der Waals surface area contributed by atoms with Gasteiger partial charge in [-0.3, -0.25) is 24.7 Å². The summed E-state index contributed by atoms with van der Waals surface area (Å²) >= 11 is 0. The monoisotopic (exact) mass is 364 g/mol. The first kappa shape index (κ1) is 20.0. The molecule has 1 aliphatic rings. The van der Waals surface area contributed by atoms with E-state index in [0.717, 1.165) is 6.20 Å². The molecule has 1 fully saturated rings. The molecule has 0 bridgehead atoms. The van der Waals surface area contributed by atoms with E-state index in [1.165, 1.54) is 19.4 Å². The van der Waals surface area contributed by atoms with Crippen LogP contribution in [0.1, 0.15) is 52.0 Å². The van der Waals surface area contributed by atoms with Crippen molar-refractivity contribution in [3.05, 3.63) is 34.1 Å². The first-order valence-corrected chi connectivity index (χ1v) is 8.50. The van der Waals surface area contributed by atoms with Crippen LogP contribution in [0.3, 0.4) is 0 Å². The molecular weight excluding hydrogens is 340 g/mol. The molecule has 0 amide bonds. The molecule has 142 valence electrons. The van der Waals surface area contributed by atoms with Crippen LogP contribution < -0.4 is 0 Å². The van der Waals surface area contributed by atoms with Gasteiger partial charge in [-0.1, -0.05) is 27.2 Å². The first-order valence-electron chi connectivity index (χ1n) is 8.50. The van der Waals surface area contributed by atoms with Crippen LogP contribution in [0.2, 0.25) is 0 Å². The van der Waals surface area contributed by atoms with Crippen molar-refractivity contribution >= 4 is 17.4 Å². The quantitative estimate of drug-likeness (QED) is 0.260. The number of nitrogens with zero attached hydrogens (tertiary/aromatic N) is 2. The number of ether oxygens (including phenoxy) is 2. The highest BCUT2D eigenvalue weighted by Crippen LogP contribution is 2.42. The van der Waals surface area contributed by atoms with Gasteiger partial charge in [0.25, 0.3) is 5.69 Å². The lowest BCUT2D eigenvalue weighted by Crippen LogP contribution is -2.49. The molecule has 2 rings (SSSR count). The van der Waals surface area contributed by atoms with E-state index in [1.807, 2.05) is 20.8 Å². The number of rotatable bonds is 5. The number of methoxy groups -OCH3 is 1. The van der Waals surface area contributed by atoms with Crippen LogP contribution >= 0.6 is 0 Å². The number of carbonyl (C=O) groups is 2. The highest BCUT2D eigenvalue weighted by atomic mass is 16.7. The third-order valence-corrected chi connectivity index (χ3v) is 4.62. The highest BCUT2D eigenvalue weighted by molar-refractivity contribution is 6.11. The molecule has 0 N–H and O–H groups in total. The Bertz CT molecular complexity index is 712. The smallest absolute Gasteiger partial charge is 0.326 e. The maximum absolute atomic E-state index is 13.2. The lowest BCUT2D eigenvalue weighted by molar-refractivity contribution is -0.386. The molecule has 8 nitrogen and oxygen atoms in total. The van der Waals surface area contributed by atoms with Crippen molar-refractivity contribution < 1.29 is 24.0 Å². The van der Waals surface area contributed by atoms with Crippen LogP contribution in [-0.2, 0) is 24.5 Å². The van der Waals surface area contributed by atoms with E-state index >= 15 is 0 Å². The SMILES string of the molecule is COC(OC(=O)C1(c2ccncc2[N+](=O)[O-])CCCCC1=O)C(C)(C)C. The van der Waals surface area contributed by atoms with Crippen molar-refractivity contribution in [1.29, 1.82) is 0 Å². The molecule has 2 atom stereocenters. The van der Waals surface area contributed by atoms with Gasteiger partial charge in [0.05, 0.1) is 10.5 Å². The van der Waals surface area contributed by atoms with Gasteiger partial charge in [-0.25, -0.2) is 0 Å². The molecule has 1 heterocycles. The van der Waals surface area contributed by atoms with Gasteiger partial charge in [-0.2, -0.15) is 0 Å². The van der Waals surface area contributed by atoms with Crippen LogP contribution in [0.25, 0.3) is 0 Å². The van der Waals surface area contributed by atoms with Crippen LogP contribution in [0.5, 0.6) is 0 Å². The standard InChI is InChI=1S/C18H24N2O6/c1-17(2,3)16(25-4)26-15(22)18(9-6-5-7-14(18)21)12-8-10-19-11-13(12)20(23)24/h8,10-11,16H,5-7,9H2,1-4H3. The zero-order valence-corrected chi connectivity index (χ0v) is 15.5. The molecule has 1 aliphatic carbocycles. The maximum atomic E-state index is 13.2. The van der Waals surface area contributed by atoms with E-state index in [4.69, 9.17) is 9.47 Å². The van der Waals surface area contributed by atoms with E-state index in [2.05, 4.69) is 4.98 Å². The summed E-state index contributed by atoms with van der Waals surface area (Å²) in [6.07, 6.45) is 3.08. The Balaban J connectivity index is 2.56. The number of hydrogen-bond donors (Lipinski definition) is 0. The van der Waals surface area contributed by atoms with Gasteiger partial charge in [-0.15, -0.1) is 0 Å². The number of Topliss-reactive ketones (excluding diaryl/α,β-unsaturated/α-hetero) is 1. The van der Waals surface area contributed by atoms with Crippen molar-refractivity contribution in [2.45, 2.75) is 58.2 Å². The fraction of sp³-hybridized carbons (Fsp3) is 0.611. The molecule has 0 spiro atoms. The Kier molecular flexibility index (Phi) is 5.75. The van der Waals surface area contributed by atoms with Crippen molar-refractivity contribution in [3.63, 3.8) is 0 Å². The van der Waals surface area contributed by atoms with E-state index in [1.54, 1.807) is 0 Å². The minimum absolute atomic E-state index is 0.0379. The van der Waals surface area contributed by atoms with Crippen LogP contribution in [0.15, 0.2) is 18.5 Å². The average Bonchev–Trinajstić information content (AvgIpc) is 2.59. The number of pyridine rings is 1. The number of hydrogen-bond acceptors (Lipinski definition) is 7. The summed E-state index contributed by atoms with van der Waals surface area (Å²) in [7, 11) is 1.41. The summed E-state index contributed by atoms with van der Waals surface area (Å²) in [6, 6.07) is 1.36. The van der Waals surface area contributed by atoms with Crippen molar-refractivity contribution in [2.24, 2.45) is 5.41 Å². The zero-order chi connectivity index (χ0) is 19.5. The van der Waals surface area contributed by atoms with Gasteiger partial charge >= 0.3 is 5.97 Å². The van der Waals surface area contributed by atoms with Crippen molar-refractivity contribution in [2.75, 3.05) is 7.11 Å². The summed E-state index contributed by atoms with van der Waals surface area (Å²) in [5.74, 6) is -1.18. The first-order chi connectivity index (χ1) is 12.1. The number of nitro groups is 1. The Morgan fingerprint density at radius 1 is 1.38 bits per heavy atom. The third kappa shape index (κ3) is 3.60. The second-order valence-electron chi connectivity index (χ2n) is 7.52. The maximum Gasteiger partial charge on any atom is 0.326 e. The Morgan fingerprint density at radius 2 is 2.08 bits per heavy atom. The van der Waals surface area contributed by atoms with E-state index in [9.17, 15) is 19.7 Å². The van der Waals surface area contributed by atoms with Crippen molar-refractivity contribution in [1.82, 2.24) is 4.98 Å². The Hall–Kier alpha value is -2.35. The minimum atomic E-state index is -1.70. The fourth-order valence-electron chi connectivity index (χ4n) is 3.31. The molecule has 0 radical (unpaired) electrons. The number of ketones is 1. The molecule has 0 saturated heterocycles. The summed E-state index contributed by atoms with van der Waals surface area (Å²) in [4.78, 5) is 40.6. The van der Waals surface area contributed by atoms with E-state index in [-0.39, 0.29) is 29.9 Å². The molecule has 1 saturated carbocycles. The van der Waals surface area contributed by atoms with Gasteiger partial charge < -0.3 is 9.47 Å². The van der Waals surface area contributed by atoms with Crippen LogP contribution in [0, 0.1) is 15.5 Å². The van der Waals surface area contributed by atoms with Gasteiger partial charge in [0.1, 0.15) is 6.20 Å². The average molecular weight is 364 g/mol. The second kappa shape index (κ2) is 7.49. The molecule has 0 aromatic carbocycles. The summed E-state index contributed by atoms with van der Waals surface area (Å²) < 4.78 is 10.8. The molecular formula is C18H24N2O6. The van der Waals surface area contributed by atoms with Crippen LogP contribution in [-0.4, -0.2) is 35.1 Å². The normalized spacial score (nSPS) is 21.9. The van der Waals surface area contributed by atoms with E-state index < -0.39 is 28.0 Å². The minimum Gasteiger partial charge on any atom is -0.434 e. The Morgan fingerprint density at radius 3 is 2.62 bits per heavy atom.